The minimum absolute atomic E-state index is 0.134. The second-order valence-corrected chi connectivity index (χ2v) is 12.5. The monoisotopic (exact) mass is 656 g/mol. The molecule has 3 aliphatic rings. The minimum atomic E-state index is -1.30. The summed E-state index contributed by atoms with van der Waals surface area (Å²) in [5.41, 5.74) is 0.170. The average molecular weight is 658 g/mol. The number of esters is 1. The number of aliphatic hydroxyl groups excluding tert-OH is 1. The third-order valence-electron chi connectivity index (χ3n) is 8.43. The third-order valence-corrected chi connectivity index (χ3v) is 9.53. The van der Waals surface area contributed by atoms with Crippen LogP contribution in [-0.2, 0) is 30.3 Å². The number of hydrogen-bond donors (Lipinski definition) is 1. The van der Waals surface area contributed by atoms with Crippen molar-refractivity contribution in [2.75, 3.05) is 24.7 Å². The van der Waals surface area contributed by atoms with E-state index < -0.39 is 47.5 Å². The van der Waals surface area contributed by atoms with Crippen LogP contribution in [0, 0.1) is 11.8 Å². The SMILES string of the molecule is C=CCCOC(=O)[C@H]1[C@@H]2OC3(CC2Br)C(C(=O)N(CC=C)c2ccc(Cl)cc2)N([C@@H](CO)Cc2ccccc2)C(=O)[C@H]13. The van der Waals surface area contributed by atoms with Crippen molar-refractivity contribution in [3.05, 3.63) is 90.5 Å². The lowest BCUT2D eigenvalue weighted by atomic mass is 9.70. The molecule has 8 nitrogen and oxygen atoms in total. The molecule has 3 unspecified atom stereocenters. The van der Waals surface area contributed by atoms with Gasteiger partial charge in [0.2, 0.25) is 5.91 Å². The van der Waals surface area contributed by atoms with Crippen LogP contribution >= 0.6 is 27.5 Å². The van der Waals surface area contributed by atoms with E-state index in [9.17, 15) is 19.5 Å². The highest BCUT2D eigenvalue weighted by Gasteiger charge is 2.77. The maximum Gasteiger partial charge on any atom is 0.312 e. The summed E-state index contributed by atoms with van der Waals surface area (Å²) in [4.78, 5) is 45.4. The summed E-state index contributed by atoms with van der Waals surface area (Å²) in [6, 6.07) is 14.5. The summed E-state index contributed by atoms with van der Waals surface area (Å²) in [7, 11) is 0. The molecule has 10 heteroatoms. The smallest absolute Gasteiger partial charge is 0.312 e. The number of likely N-dealkylation sites (tertiary alicyclic amines) is 1. The van der Waals surface area contributed by atoms with Crippen LogP contribution in [-0.4, -0.2) is 76.2 Å². The average Bonchev–Trinajstić information content (AvgIpc) is 3.59. The number of benzene rings is 2. The molecule has 2 aromatic carbocycles. The predicted octanol–water partition coefficient (Wildman–Crippen LogP) is 4.33. The van der Waals surface area contributed by atoms with Crippen molar-refractivity contribution in [1.82, 2.24) is 4.90 Å². The van der Waals surface area contributed by atoms with Crippen LogP contribution in [0.15, 0.2) is 79.9 Å². The van der Waals surface area contributed by atoms with Gasteiger partial charge in [0.25, 0.3) is 5.91 Å². The molecule has 2 aromatic rings. The number of rotatable bonds is 12. The predicted molar refractivity (Wildman–Crippen MR) is 163 cm³/mol. The fraction of sp³-hybridized carbons (Fsp3) is 0.406. The molecular weight excluding hydrogens is 624 g/mol. The van der Waals surface area contributed by atoms with E-state index in [1.54, 1.807) is 36.4 Å². The first-order valence-electron chi connectivity index (χ1n) is 14.0. The Morgan fingerprint density at radius 1 is 1.19 bits per heavy atom. The zero-order valence-corrected chi connectivity index (χ0v) is 25.5. The standard InChI is InChI=1S/C32H34BrClN2O6/c1-3-5-16-41-31(40)25-26-29(38)36(23(19-37)17-20-9-7-6-8-10-20)28(32(26)18-24(33)27(25)42-32)30(39)35(15-4-2)22-13-11-21(34)12-14-22/h3-4,6-14,23-28,37H,1-2,5,15-19H2/t23-,24?,25-,26+,27-,28?,32?/m1/s1. The molecule has 0 radical (unpaired) electrons. The summed E-state index contributed by atoms with van der Waals surface area (Å²) in [5, 5.41) is 11.2. The lowest BCUT2D eigenvalue weighted by molar-refractivity contribution is -0.155. The fourth-order valence-electron chi connectivity index (χ4n) is 6.71. The number of nitrogens with zero attached hydrogens (tertiary/aromatic N) is 2. The quantitative estimate of drug-likeness (QED) is 0.158. The molecule has 0 aromatic heterocycles. The lowest BCUT2D eigenvalue weighted by Gasteiger charge is -2.39. The number of ether oxygens (including phenoxy) is 2. The van der Waals surface area contributed by atoms with Crippen molar-refractivity contribution in [3.8, 4) is 0 Å². The van der Waals surface area contributed by atoms with E-state index in [4.69, 9.17) is 21.1 Å². The molecule has 42 heavy (non-hydrogen) atoms. The van der Waals surface area contributed by atoms with Crippen molar-refractivity contribution in [1.29, 1.82) is 0 Å². The van der Waals surface area contributed by atoms with E-state index in [1.165, 1.54) is 9.80 Å². The van der Waals surface area contributed by atoms with E-state index >= 15 is 0 Å². The third kappa shape index (κ3) is 5.32. The van der Waals surface area contributed by atoms with Gasteiger partial charge in [-0.25, -0.2) is 0 Å². The number of anilines is 1. The Morgan fingerprint density at radius 2 is 1.90 bits per heavy atom. The number of hydrogen-bond acceptors (Lipinski definition) is 6. The first-order valence-corrected chi connectivity index (χ1v) is 15.3. The number of aliphatic hydroxyl groups is 1. The van der Waals surface area contributed by atoms with Gasteiger partial charge in [0.05, 0.1) is 37.2 Å². The van der Waals surface area contributed by atoms with Gasteiger partial charge < -0.3 is 24.4 Å². The van der Waals surface area contributed by atoms with Crippen molar-refractivity contribution in [2.24, 2.45) is 11.8 Å². The highest BCUT2D eigenvalue weighted by atomic mass is 79.9. The highest BCUT2D eigenvalue weighted by molar-refractivity contribution is 9.09. The molecule has 2 amide bonds. The summed E-state index contributed by atoms with van der Waals surface area (Å²) >= 11 is 9.81. The van der Waals surface area contributed by atoms with Gasteiger partial charge in [0, 0.05) is 22.1 Å². The molecule has 3 aliphatic heterocycles. The van der Waals surface area contributed by atoms with Gasteiger partial charge in [-0.2, -0.15) is 0 Å². The van der Waals surface area contributed by atoms with Crippen LogP contribution in [0.2, 0.25) is 5.02 Å². The van der Waals surface area contributed by atoms with Crippen LogP contribution in [0.3, 0.4) is 0 Å². The number of amides is 2. The van der Waals surface area contributed by atoms with Crippen molar-refractivity contribution >= 4 is 51.0 Å². The maximum atomic E-state index is 14.7. The van der Waals surface area contributed by atoms with E-state index in [-0.39, 0.29) is 30.5 Å². The molecule has 222 valence electrons. The van der Waals surface area contributed by atoms with Gasteiger partial charge in [-0.05, 0) is 49.1 Å². The zero-order chi connectivity index (χ0) is 30.0. The Hall–Kier alpha value is -2.98. The number of fused-ring (bicyclic) bond motifs is 1. The highest BCUT2D eigenvalue weighted by Crippen LogP contribution is 2.61. The van der Waals surface area contributed by atoms with Gasteiger partial charge in [0.1, 0.15) is 11.6 Å². The zero-order valence-electron chi connectivity index (χ0n) is 23.1. The van der Waals surface area contributed by atoms with E-state index in [1.807, 2.05) is 30.3 Å². The van der Waals surface area contributed by atoms with Gasteiger partial charge in [-0.3, -0.25) is 14.4 Å². The van der Waals surface area contributed by atoms with Crippen molar-refractivity contribution in [2.45, 2.75) is 47.9 Å². The van der Waals surface area contributed by atoms with Crippen molar-refractivity contribution < 1.29 is 29.0 Å². The molecule has 3 heterocycles. The fourth-order valence-corrected chi connectivity index (χ4v) is 7.77. The van der Waals surface area contributed by atoms with E-state index in [0.717, 1.165) is 5.56 Å². The Balaban J connectivity index is 1.60. The normalized spacial score (nSPS) is 28.3. The Labute approximate surface area is 259 Å². The van der Waals surface area contributed by atoms with Gasteiger partial charge in [0.15, 0.2) is 0 Å². The van der Waals surface area contributed by atoms with Crippen LogP contribution in [0.1, 0.15) is 18.4 Å². The number of carbonyl (C=O) groups is 3. The molecule has 1 spiro atoms. The topological polar surface area (TPSA) is 96.4 Å². The Morgan fingerprint density at radius 3 is 2.55 bits per heavy atom. The van der Waals surface area contributed by atoms with Crippen LogP contribution in [0.4, 0.5) is 5.69 Å². The first-order chi connectivity index (χ1) is 20.3. The summed E-state index contributed by atoms with van der Waals surface area (Å²) in [6.07, 6.45) is 3.74. The number of carbonyl (C=O) groups excluding carboxylic acids is 3. The van der Waals surface area contributed by atoms with Gasteiger partial charge in [-0.15, -0.1) is 13.2 Å². The Kier molecular flexibility index (Phi) is 9.23. The second kappa shape index (κ2) is 12.7. The lowest BCUT2D eigenvalue weighted by Crippen LogP contribution is -2.59. The van der Waals surface area contributed by atoms with Crippen LogP contribution in [0.25, 0.3) is 0 Å². The molecule has 2 bridgehead atoms. The summed E-state index contributed by atoms with van der Waals surface area (Å²) in [6.45, 7) is 7.42. The molecule has 0 saturated carbocycles. The number of alkyl halides is 1. The molecule has 3 fully saturated rings. The molecular formula is C32H34BrClN2O6. The largest absolute Gasteiger partial charge is 0.465 e. The molecule has 5 rings (SSSR count). The van der Waals surface area contributed by atoms with Crippen LogP contribution in [0.5, 0.6) is 0 Å². The van der Waals surface area contributed by atoms with Crippen LogP contribution < -0.4 is 4.90 Å². The first kappa shape index (κ1) is 30.5. The Bertz CT molecular complexity index is 1340. The van der Waals surface area contributed by atoms with Gasteiger partial charge in [-0.1, -0.05) is 70.0 Å². The number of halogens is 2. The molecule has 7 atom stereocenters. The van der Waals surface area contributed by atoms with E-state index in [0.29, 0.717) is 30.0 Å². The second-order valence-electron chi connectivity index (χ2n) is 10.9. The molecule has 1 N–H and O–H groups in total. The minimum Gasteiger partial charge on any atom is -0.465 e. The molecule has 0 aliphatic carbocycles. The summed E-state index contributed by atoms with van der Waals surface area (Å²) < 4.78 is 12.1. The summed E-state index contributed by atoms with van der Waals surface area (Å²) in [5.74, 6) is -3.17. The molecule has 3 saturated heterocycles. The van der Waals surface area contributed by atoms with E-state index in [2.05, 4.69) is 29.1 Å². The van der Waals surface area contributed by atoms with Crippen molar-refractivity contribution in [3.63, 3.8) is 0 Å². The van der Waals surface area contributed by atoms with Gasteiger partial charge >= 0.3 is 5.97 Å². The maximum absolute atomic E-state index is 14.7.